The van der Waals surface area contributed by atoms with Crippen LogP contribution in [0.15, 0.2) is 20.7 Å². The van der Waals surface area contributed by atoms with Crippen molar-refractivity contribution < 1.29 is 0 Å². The van der Waals surface area contributed by atoms with Gasteiger partial charge < -0.3 is 0 Å². The number of aliphatic imine (C=N–C) groups is 2. The lowest BCUT2D eigenvalue weighted by Crippen LogP contribution is -2.18. The summed E-state index contributed by atoms with van der Waals surface area (Å²) >= 11 is 6.07. The van der Waals surface area contributed by atoms with E-state index < -0.39 is 0 Å². The van der Waals surface area contributed by atoms with Gasteiger partial charge in [-0.05, 0) is 38.8 Å². The van der Waals surface area contributed by atoms with Gasteiger partial charge in [0.15, 0.2) is 0 Å². The predicted octanol–water partition coefficient (Wildman–Crippen LogP) is 3.81. The van der Waals surface area contributed by atoms with Gasteiger partial charge in [0, 0.05) is 17.8 Å². The van der Waals surface area contributed by atoms with Gasteiger partial charge in [-0.15, -0.1) is 0 Å². The van der Waals surface area contributed by atoms with Gasteiger partial charge in [0.2, 0.25) is 0 Å². The fourth-order valence-corrected chi connectivity index (χ4v) is 2.20. The standard InChI is InChI=1S/C12H19ClN2/c1-4-9-6-7-11(15-5-2)10(8-9)12(13)14-3/h9H,3-8H2,1-2H3/b12-10-,15-11?. The molecule has 15 heavy (non-hydrogen) atoms. The van der Waals surface area contributed by atoms with Crippen LogP contribution in [-0.4, -0.2) is 19.0 Å². The van der Waals surface area contributed by atoms with E-state index in [1.165, 1.54) is 12.8 Å². The molecule has 1 rings (SSSR count). The predicted molar refractivity (Wildman–Crippen MR) is 68.0 cm³/mol. The van der Waals surface area contributed by atoms with Gasteiger partial charge in [-0.25, -0.2) is 0 Å². The van der Waals surface area contributed by atoms with Crippen molar-refractivity contribution in [2.45, 2.75) is 39.5 Å². The van der Waals surface area contributed by atoms with Crippen molar-refractivity contribution in [3.8, 4) is 0 Å². The van der Waals surface area contributed by atoms with Crippen molar-refractivity contribution >= 4 is 24.0 Å². The summed E-state index contributed by atoms with van der Waals surface area (Å²) < 4.78 is 0. The van der Waals surface area contributed by atoms with Crippen molar-refractivity contribution in [2.75, 3.05) is 6.54 Å². The monoisotopic (exact) mass is 226 g/mol. The summed E-state index contributed by atoms with van der Waals surface area (Å²) in [5, 5.41) is 0.542. The average Bonchev–Trinajstić information content (AvgIpc) is 2.29. The molecule has 1 unspecified atom stereocenters. The fraction of sp³-hybridized carbons (Fsp3) is 0.667. The van der Waals surface area contributed by atoms with Crippen LogP contribution in [0, 0.1) is 5.92 Å². The molecule has 0 amide bonds. The maximum atomic E-state index is 6.07. The third kappa shape index (κ3) is 3.16. The zero-order valence-electron chi connectivity index (χ0n) is 9.59. The fourth-order valence-electron chi connectivity index (χ4n) is 2.01. The number of allylic oxidation sites excluding steroid dienone is 1. The molecule has 0 heterocycles. The third-order valence-electron chi connectivity index (χ3n) is 2.94. The maximum absolute atomic E-state index is 6.07. The average molecular weight is 227 g/mol. The second kappa shape index (κ2) is 6.06. The van der Waals surface area contributed by atoms with E-state index in [2.05, 4.69) is 23.6 Å². The van der Waals surface area contributed by atoms with Gasteiger partial charge in [-0.2, -0.15) is 0 Å². The van der Waals surface area contributed by atoms with Crippen molar-refractivity contribution in [3.63, 3.8) is 0 Å². The highest BCUT2D eigenvalue weighted by atomic mass is 35.5. The van der Waals surface area contributed by atoms with Crippen LogP contribution in [0.2, 0.25) is 0 Å². The Bertz CT molecular complexity index is 292. The van der Waals surface area contributed by atoms with E-state index in [4.69, 9.17) is 11.6 Å². The Morgan fingerprint density at radius 2 is 2.27 bits per heavy atom. The molecule has 0 spiro atoms. The molecule has 1 aliphatic rings. The molecule has 0 aromatic rings. The van der Waals surface area contributed by atoms with Gasteiger partial charge in [0.1, 0.15) is 5.16 Å². The molecule has 1 fully saturated rings. The largest absolute Gasteiger partial charge is 0.290 e. The van der Waals surface area contributed by atoms with E-state index in [1.807, 2.05) is 6.92 Å². The lowest BCUT2D eigenvalue weighted by molar-refractivity contribution is 0.463. The first-order chi connectivity index (χ1) is 7.22. The number of rotatable bonds is 3. The van der Waals surface area contributed by atoms with Crippen LogP contribution in [0.5, 0.6) is 0 Å². The minimum absolute atomic E-state index is 0.542. The molecule has 0 aromatic carbocycles. The van der Waals surface area contributed by atoms with E-state index in [0.717, 1.165) is 36.6 Å². The highest BCUT2D eigenvalue weighted by Crippen LogP contribution is 2.32. The van der Waals surface area contributed by atoms with E-state index in [-0.39, 0.29) is 0 Å². The Balaban J connectivity index is 2.93. The molecule has 0 N–H and O–H groups in total. The Morgan fingerprint density at radius 1 is 1.53 bits per heavy atom. The molecule has 0 saturated heterocycles. The number of hydrogen-bond donors (Lipinski definition) is 0. The van der Waals surface area contributed by atoms with Gasteiger partial charge in [-0.1, -0.05) is 24.9 Å². The van der Waals surface area contributed by atoms with Crippen molar-refractivity contribution in [2.24, 2.45) is 15.9 Å². The van der Waals surface area contributed by atoms with E-state index >= 15 is 0 Å². The van der Waals surface area contributed by atoms with Gasteiger partial charge >= 0.3 is 0 Å². The van der Waals surface area contributed by atoms with E-state index in [9.17, 15) is 0 Å². The summed E-state index contributed by atoms with van der Waals surface area (Å²) in [6.45, 7) is 8.57. The zero-order chi connectivity index (χ0) is 11.3. The van der Waals surface area contributed by atoms with Crippen LogP contribution in [-0.2, 0) is 0 Å². The molecule has 0 bridgehead atoms. The quantitative estimate of drug-likeness (QED) is 0.517. The first kappa shape index (κ1) is 12.4. The first-order valence-corrected chi connectivity index (χ1v) is 5.99. The zero-order valence-corrected chi connectivity index (χ0v) is 10.3. The van der Waals surface area contributed by atoms with Crippen molar-refractivity contribution in [3.05, 3.63) is 10.7 Å². The van der Waals surface area contributed by atoms with Crippen LogP contribution in [0.3, 0.4) is 0 Å². The normalized spacial score (nSPS) is 27.9. The van der Waals surface area contributed by atoms with Crippen LogP contribution < -0.4 is 0 Å². The molecule has 0 radical (unpaired) electrons. The van der Waals surface area contributed by atoms with Crippen LogP contribution in [0.25, 0.3) is 0 Å². The summed E-state index contributed by atoms with van der Waals surface area (Å²) in [7, 11) is 0. The Kier molecular flexibility index (Phi) is 5.03. The topological polar surface area (TPSA) is 24.7 Å². The second-order valence-electron chi connectivity index (χ2n) is 3.87. The molecular formula is C12H19ClN2. The Hall–Kier alpha value is -0.630. The lowest BCUT2D eigenvalue weighted by Gasteiger charge is -2.25. The number of hydrogen-bond acceptors (Lipinski definition) is 2. The SMILES string of the molecule is C=N/C(Cl)=C1/CC(CC)CCC1=NCC. The van der Waals surface area contributed by atoms with Crippen LogP contribution in [0.4, 0.5) is 0 Å². The molecule has 0 aliphatic heterocycles. The van der Waals surface area contributed by atoms with Gasteiger partial charge in [-0.3, -0.25) is 9.98 Å². The third-order valence-corrected chi connectivity index (χ3v) is 3.29. The van der Waals surface area contributed by atoms with Crippen molar-refractivity contribution in [1.29, 1.82) is 0 Å². The maximum Gasteiger partial charge on any atom is 0.133 e. The minimum atomic E-state index is 0.542. The summed E-state index contributed by atoms with van der Waals surface area (Å²) in [5.74, 6) is 0.728. The van der Waals surface area contributed by atoms with E-state index in [1.54, 1.807) is 0 Å². The molecule has 84 valence electrons. The lowest BCUT2D eigenvalue weighted by atomic mass is 9.83. The molecule has 1 saturated carbocycles. The Morgan fingerprint density at radius 3 is 2.80 bits per heavy atom. The minimum Gasteiger partial charge on any atom is -0.290 e. The highest BCUT2D eigenvalue weighted by molar-refractivity contribution is 6.32. The molecule has 1 atom stereocenters. The van der Waals surface area contributed by atoms with Crippen LogP contribution in [0.1, 0.15) is 39.5 Å². The number of halogens is 1. The van der Waals surface area contributed by atoms with Crippen molar-refractivity contribution in [1.82, 2.24) is 0 Å². The van der Waals surface area contributed by atoms with Crippen LogP contribution >= 0.6 is 11.6 Å². The second-order valence-corrected chi connectivity index (χ2v) is 4.22. The summed E-state index contributed by atoms with van der Waals surface area (Å²) in [6.07, 6.45) is 4.46. The molecule has 1 aliphatic carbocycles. The smallest absolute Gasteiger partial charge is 0.133 e. The molecule has 2 nitrogen and oxygen atoms in total. The van der Waals surface area contributed by atoms with Gasteiger partial charge in [0.05, 0.1) is 0 Å². The summed E-state index contributed by atoms with van der Waals surface area (Å²) in [5.41, 5.74) is 2.26. The summed E-state index contributed by atoms with van der Waals surface area (Å²) in [4.78, 5) is 8.32. The highest BCUT2D eigenvalue weighted by Gasteiger charge is 2.22. The first-order valence-electron chi connectivity index (χ1n) is 5.61. The number of nitrogens with zero attached hydrogens (tertiary/aromatic N) is 2. The molecule has 0 aromatic heterocycles. The molecular weight excluding hydrogens is 208 g/mol. The van der Waals surface area contributed by atoms with Gasteiger partial charge in [0.25, 0.3) is 0 Å². The van der Waals surface area contributed by atoms with E-state index in [0.29, 0.717) is 5.16 Å². The Labute approximate surface area is 97.2 Å². The molecule has 3 heteroatoms. The summed E-state index contributed by atoms with van der Waals surface area (Å²) in [6, 6.07) is 0.